The van der Waals surface area contributed by atoms with Gasteiger partial charge in [0, 0.05) is 24.2 Å². The van der Waals surface area contributed by atoms with Crippen molar-refractivity contribution in [1.29, 1.82) is 0 Å². The molecular formula is C24H60CuN10O8. The van der Waals surface area contributed by atoms with E-state index in [4.69, 9.17) is 45.9 Å². The summed E-state index contributed by atoms with van der Waals surface area (Å²) in [6, 6.07) is -3.31. The fourth-order valence-corrected chi connectivity index (χ4v) is 2.51. The van der Waals surface area contributed by atoms with Crippen molar-refractivity contribution in [3.63, 3.8) is 0 Å². The third kappa shape index (κ3) is 50.0. The molecule has 0 heterocycles. The van der Waals surface area contributed by atoms with E-state index in [0.717, 1.165) is 51.4 Å². The number of carboxylic acids is 4. The molecule has 0 unspecified atom stereocenters. The summed E-state index contributed by atoms with van der Waals surface area (Å²) in [5, 5.41) is 40.1. The minimum atomic E-state index is -1.18. The second-order valence-corrected chi connectivity index (χ2v) is 8.84. The monoisotopic (exact) mass is 679 g/mol. The molecule has 0 amide bonds. The number of carbonyl (C=O) groups is 4. The van der Waals surface area contributed by atoms with Crippen LogP contribution in [0.2, 0.25) is 0 Å². The molecule has 18 nitrogen and oxygen atoms in total. The minimum absolute atomic E-state index is 0. The molecular weight excluding hydrogens is 620 g/mol. The molecule has 0 aliphatic heterocycles. The molecule has 0 aromatic heterocycles. The Morgan fingerprint density at radius 2 is 0.535 bits per heavy atom. The van der Waals surface area contributed by atoms with Gasteiger partial charge in [-0.25, -0.2) is 0 Å². The normalized spacial score (nSPS) is 12.1. The van der Waals surface area contributed by atoms with E-state index in [9.17, 15) is 39.6 Å². The number of rotatable bonds is 20. The van der Waals surface area contributed by atoms with E-state index >= 15 is 0 Å². The summed E-state index contributed by atoms with van der Waals surface area (Å²) < 4.78 is 0. The molecule has 0 rings (SSSR count). The van der Waals surface area contributed by atoms with Crippen LogP contribution in [0.4, 0.5) is 0 Å². The average molecular weight is 680 g/mol. The first kappa shape index (κ1) is 56.7. The van der Waals surface area contributed by atoms with E-state index in [-0.39, 0.29) is 29.4 Å². The number of carbonyl (C=O) groups excluding carboxylic acids is 4. The predicted molar refractivity (Wildman–Crippen MR) is 156 cm³/mol. The summed E-state index contributed by atoms with van der Waals surface area (Å²) in [7, 11) is 0. The van der Waals surface area contributed by atoms with Crippen LogP contribution in [-0.4, -0.2) is 74.2 Å². The number of hydrogen-bond acceptors (Lipinski definition) is 16. The Balaban J connectivity index is -0.0000000785. The summed E-state index contributed by atoms with van der Waals surface area (Å²) in [4.78, 5) is 40.1. The summed E-state index contributed by atoms with van der Waals surface area (Å²) in [6.07, 6.45) is 8.14. The van der Waals surface area contributed by atoms with E-state index < -0.39 is 48.0 Å². The maximum atomic E-state index is 10.0. The topological polar surface area (TPSA) is 442 Å². The molecule has 19 heteroatoms. The van der Waals surface area contributed by atoms with Crippen LogP contribution in [0.25, 0.3) is 0 Å². The molecule has 0 aliphatic carbocycles. The molecule has 0 bridgehead atoms. The molecule has 43 heavy (non-hydrogen) atoms. The molecule has 0 aliphatic rings. The van der Waals surface area contributed by atoms with Crippen molar-refractivity contribution in [2.75, 3.05) is 26.2 Å². The van der Waals surface area contributed by atoms with Crippen molar-refractivity contribution in [2.45, 2.75) is 101 Å². The molecule has 24 N–H and O–H groups in total. The van der Waals surface area contributed by atoms with Crippen LogP contribution in [0.1, 0.15) is 77.0 Å². The van der Waals surface area contributed by atoms with Crippen LogP contribution in [0.15, 0.2) is 0 Å². The van der Waals surface area contributed by atoms with Gasteiger partial charge in [-0.15, -0.1) is 0 Å². The quantitative estimate of drug-likeness (QED) is 0.0422. The van der Waals surface area contributed by atoms with Crippen LogP contribution >= 0.6 is 0 Å². The van der Waals surface area contributed by atoms with E-state index in [0.29, 0.717) is 51.9 Å². The Morgan fingerprint density at radius 1 is 0.395 bits per heavy atom. The van der Waals surface area contributed by atoms with Crippen molar-refractivity contribution in [3.05, 3.63) is 0 Å². The Bertz CT molecular complexity index is 539. The maximum absolute atomic E-state index is 10.0. The van der Waals surface area contributed by atoms with Gasteiger partial charge in [0.2, 0.25) is 0 Å². The van der Waals surface area contributed by atoms with Gasteiger partial charge in [-0.05, 0) is 77.5 Å². The Morgan fingerprint density at radius 3 is 0.628 bits per heavy atom. The van der Waals surface area contributed by atoms with E-state index in [1.165, 1.54) is 0 Å². The Labute approximate surface area is 266 Å². The van der Waals surface area contributed by atoms with Gasteiger partial charge in [-0.3, -0.25) is 0 Å². The van der Waals surface area contributed by atoms with Crippen LogP contribution in [0.5, 0.6) is 0 Å². The minimum Gasteiger partial charge on any atom is -0.548 e. The number of nitrogens with two attached hydrogens (primary N) is 8. The van der Waals surface area contributed by atoms with E-state index in [1.54, 1.807) is 0 Å². The number of hydrogen-bond donors (Lipinski definition) is 10. The second-order valence-electron chi connectivity index (χ2n) is 8.84. The standard InChI is InChI=1S/4C6H14N2O2.Cu.2H3N/c4*7-4-2-1-3-5(8)6(9)10;;;/h4*5H,1-4,7-8H2,(H,9,10);;2*1H3/q;;;;+2;;/p-2/t4*5-;;;/m0000.../s1. The summed E-state index contributed by atoms with van der Waals surface area (Å²) in [5.41, 5.74) is 41.4. The van der Waals surface area contributed by atoms with Gasteiger partial charge in [0.25, 0.3) is 0 Å². The van der Waals surface area contributed by atoms with Crippen molar-refractivity contribution >= 4 is 23.9 Å². The summed E-state index contributed by atoms with van der Waals surface area (Å²) in [5.74, 6) is -4.73. The van der Waals surface area contributed by atoms with Crippen molar-refractivity contribution in [1.82, 2.24) is 12.3 Å². The molecule has 0 saturated carbocycles. The maximum Gasteiger partial charge on any atom is 2.00 e. The van der Waals surface area contributed by atoms with Gasteiger partial charge < -0.3 is 97.8 Å². The van der Waals surface area contributed by atoms with Gasteiger partial charge in [-0.2, -0.15) is 0 Å². The molecule has 0 spiro atoms. The zero-order valence-electron chi connectivity index (χ0n) is 25.8. The molecule has 0 aromatic carbocycles. The predicted octanol–water partition coefficient (Wildman–Crippen LogP) is -6.48. The third-order valence-electron chi connectivity index (χ3n) is 5.09. The van der Waals surface area contributed by atoms with E-state index in [2.05, 4.69) is 0 Å². The Kier molecular flexibility index (Phi) is 55.6. The van der Waals surface area contributed by atoms with Gasteiger partial charge in [-0.1, -0.05) is 25.7 Å². The number of unbranched alkanes of at least 4 members (excludes halogenated alkanes) is 4. The molecule has 265 valence electrons. The zero-order valence-corrected chi connectivity index (χ0v) is 26.8. The fourth-order valence-electron chi connectivity index (χ4n) is 2.51. The van der Waals surface area contributed by atoms with Crippen LogP contribution in [0, 0.1) is 0 Å². The fraction of sp³-hybridized carbons (Fsp3) is 0.833. The van der Waals surface area contributed by atoms with Crippen molar-refractivity contribution in [3.8, 4) is 0 Å². The summed E-state index contributed by atoms with van der Waals surface area (Å²) in [6.45, 7) is 2.33. The molecule has 1 radical (unpaired) electrons. The smallest absolute Gasteiger partial charge is 0.548 e. The molecule has 0 aromatic rings. The number of aliphatic carboxylic acids is 4. The SMILES string of the molecule is NCCCC[C@H](N)C(=O)[O-].NCCCC[C@H](N)C(=O)[O-].NCCCC[C@H](N)C(=O)[O-].NCCCC[C@H](N)C(=O)[O-].[Cu+2].[NH4+].[NH4+]. The second kappa shape index (κ2) is 42.1. The average Bonchev–Trinajstić information content (AvgIpc) is 2.89. The first-order chi connectivity index (χ1) is 18.7. The van der Waals surface area contributed by atoms with Crippen molar-refractivity contribution in [2.24, 2.45) is 45.9 Å². The first-order valence-corrected chi connectivity index (χ1v) is 13.4. The molecule has 0 saturated heterocycles. The molecule has 0 fully saturated rings. The number of carboxylic acid groups (broad SMARTS) is 4. The van der Waals surface area contributed by atoms with Crippen LogP contribution < -0.4 is 78.6 Å². The van der Waals surface area contributed by atoms with E-state index in [1.807, 2.05) is 0 Å². The number of quaternary nitrogens is 2. The van der Waals surface area contributed by atoms with Gasteiger partial charge in [0.1, 0.15) is 0 Å². The first-order valence-electron chi connectivity index (χ1n) is 13.4. The van der Waals surface area contributed by atoms with Gasteiger partial charge in [0.15, 0.2) is 0 Å². The van der Waals surface area contributed by atoms with Gasteiger partial charge in [0.05, 0.1) is 23.9 Å². The zero-order chi connectivity index (χ0) is 31.9. The molecule has 4 atom stereocenters. The largest absolute Gasteiger partial charge is 2.00 e. The Hall–Kier alpha value is -2.00. The van der Waals surface area contributed by atoms with Crippen LogP contribution in [0.3, 0.4) is 0 Å². The van der Waals surface area contributed by atoms with Crippen LogP contribution in [-0.2, 0) is 36.2 Å². The van der Waals surface area contributed by atoms with Gasteiger partial charge >= 0.3 is 17.1 Å². The third-order valence-corrected chi connectivity index (χ3v) is 5.09. The summed E-state index contributed by atoms with van der Waals surface area (Å²) >= 11 is 0. The van der Waals surface area contributed by atoms with Crippen molar-refractivity contribution < 1.29 is 56.7 Å².